The van der Waals surface area contributed by atoms with E-state index in [0.29, 0.717) is 6.67 Å². The number of hydrogen-bond acceptors (Lipinski definition) is 4. The number of para-hydroxylation sites is 2. The van der Waals surface area contributed by atoms with E-state index < -0.39 is 5.41 Å². The predicted octanol–water partition coefficient (Wildman–Crippen LogP) is 18.1. The normalized spacial score (nSPS) is 13.6. The summed E-state index contributed by atoms with van der Waals surface area (Å²) in [5.74, 6) is 1.50. The van der Waals surface area contributed by atoms with Crippen molar-refractivity contribution in [2.24, 2.45) is 0 Å². The Kier molecular flexibility index (Phi) is 11.2. The molecule has 4 nitrogen and oxygen atoms in total. The highest BCUT2D eigenvalue weighted by molar-refractivity contribution is 5.99. The molecule has 0 fully saturated rings. The maximum Gasteiger partial charge on any atom is 0.129 e. The van der Waals surface area contributed by atoms with Crippen LogP contribution in [0.4, 0.5) is 22.7 Å². The van der Waals surface area contributed by atoms with Crippen LogP contribution in [-0.4, -0.2) is 11.7 Å². The molecule has 0 bridgehead atoms. The first-order chi connectivity index (χ1) is 35.4. The third-order valence-electron chi connectivity index (χ3n) is 15.0. The Hall–Kier alpha value is -8.47. The quantitative estimate of drug-likeness (QED) is 0.144. The zero-order chi connectivity index (χ0) is 49.9. The third kappa shape index (κ3) is 8.08. The molecule has 12 rings (SSSR count). The zero-order valence-corrected chi connectivity index (χ0v) is 42.5. The van der Waals surface area contributed by atoms with E-state index in [2.05, 4.69) is 270 Å². The van der Waals surface area contributed by atoms with Gasteiger partial charge in [-0.25, -0.2) is 0 Å². The van der Waals surface area contributed by atoms with Gasteiger partial charge in [-0.3, -0.25) is 4.98 Å². The maximum atomic E-state index is 6.82. The molecule has 73 heavy (non-hydrogen) atoms. The highest BCUT2D eigenvalue weighted by Gasteiger charge is 2.46. The van der Waals surface area contributed by atoms with Crippen LogP contribution >= 0.6 is 0 Å². The zero-order valence-electron chi connectivity index (χ0n) is 42.5. The fourth-order valence-corrected chi connectivity index (χ4v) is 11.3. The molecule has 10 aromatic rings. The van der Waals surface area contributed by atoms with Gasteiger partial charge in [0.1, 0.15) is 18.2 Å². The van der Waals surface area contributed by atoms with Gasteiger partial charge in [0.25, 0.3) is 0 Å². The van der Waals surface area contributed by atoms with Crippen LogP contribution in [0.3, 0.4) is 0 Å². The Balaban J connectivity index is 0.898. The molecule has 2 heterocycles. The van der Waals surface area contributed by atoms with E-state index in [4.69, 9.17) is 9.72 Å². The second kappa shape index (κ2) is 18.0. The Morgan fingerprint density at radius 1 is 0.411 bits per heavy atom. The summed E-state index contributed by atoms with van der Waals surface area (Å²) in [6.45, 7) is 14.4. The van der Waals surface area contributed by atoms with Crippen LogP contribution in [0.1, 0.15) is 74.9 Å². The molecule has 0 amide bonds. The van der Waals surface area contributed by atoms with Gasteiger partial charge in [-0.2, -0.15) is 0 Å². The van der Waals surface area contributed by atoms with E-state index in [9.17, 15) is 0 Å². The van der Waals surface area contributed by atoms with E-state index in [-0.39, 0.29) is 10.8 Å². The van der Waals surface area contributed by atoms with Crippen LogP contribution < -0.4 is 14.5 Å². The number of fused-ring (bicyclic) bond motifs is 4. The van der Waals surface area contributed by atoms with Crippen LogP contribution in [0.15, 0.2) is 237 Å². The number of hydrogen-bond donors (Lipinski definition) is 0. The van der Waals surface area contributed by atoms with Crippen molar-refractivity contribution < 1.29 is 4.74 Å². The molecule has 4 heteroatoms. The van der Waals surface area contributed by atoms with Crippen molar-refractivity contribution in [1.29, 1.82) is 0 Å². The highest BCUT2D eigenvalue weighted by atomic mass is 16.5. The van der Waals surface area contributed by atoms with E-state index in [0.717, 1.165) is 39.8 Å². The summed E-state index contributed by atoms with van der Waals surface area (Å²) in [7, 11) is 0. The van der Waals surface area contributed by atoms with E-state index in [1.165, 1.54) is 72.4 Å². The third-order valence-corrected chi connectivity index (χ3v) is 15.0. The lowest BCUT2D eigenvalue weighted by atomic mass is 9.67. The monoisotopic (exact) mass is 945 g/mol. The van der Waals surface area contributed by atoms with Crippen molar-refractivity contribution in [1.82, 2.24) is 4.98 Å². The first-order valence-corrected chi connectivity index (χ1v) is 25.5. The molecule has 0 unspecified atom stereocenters. The van der Waals surface area contributed by atoms with E-state index in [1.54, 1.807) is 0 Å². The molecule has 356 valence electrons. The van der Waals surface area contributed by atoms with Crippen molar-refractivity contribution in [2.45, 2.75) is 57.8 Å². The lowest BCUT2D eigenvalue weighted by Gasteiger charge is -2.34. The molecule has 9 aromatic carbocycles. The summed E-state index contributed by atoms with van der Waals surface area (Å²) in [6, 6.07) is 83.7. The number of benzene rings is 9. The molecule has 0 atom stereocenters. The van der Waals surface area contributed by atoms with Crippen LogP contribution in [0, 0.1) is 0 Å². The summed E-state index contributed by atoms with van der Waals surface area (Å²) in [6.07, 6.45) is 1.97. The lowest BCUT2D eigenvalue weighted by molar-refractivity contribution is 0.483. The van der Waals surface area contributed by atoms with E-state index in [1.807, 2.05) is 18.3 Å². The van der Waals surface area contributed by atoms with E-state index >= 15 is 0 Å². The van der Waals surface area contributed by atoms with Gasteiger partial charge in [0.2, 0.25) is 0 Å². The maximum absolute atomic E-state index is 6.82. The van der Waals surface area contributed by atoms with Gasteiger partial charge in [-0.05, 0) is 127 Å². The summed E-state index contributed by atoms with van der Waals surface area (Å²) in [4.78, 5) is 9.94. The van der Waals surface area contributed by atoms with Gasteiger partial charge in [-0.15, -0.1) is 0 Å². The molecule has 2 aliphatic rings. The molecule has 1 aliphatic heterocycles. The Morgan fingerprint density at radius 2 is 0.932 bits per heavy atom. The highest BCUT2D eigenvalue weighted by Crippen LogP contribution is 2.57. The number of pyridine rings is 1. The van der Waals surface area contributed by atoms with Crippen molar-refractivity contribution in [3.8, 4) is 56.1 Å². The fraction of sp³-hybridized carbons (Fsp3) is 0.145. The second-order valence-corrected chi connectivity index (χ2v) is 21.6. The van der Waals surface area contributed by atoms with Crippen molar-refractivity contribution in [3.63, 3.8) is 0 Å². The fourth-order valence-electron chi connectivity index (χ4n) is 11.3. The van der Waals surface area contributed by atoms with Gasteiger partial charge in [-0.1, -0.05) is 205 Å². The molecule has 0 spiro atoms. The molecule has 1 aromatic heterocycles. The first-order valence-electron chi connectivity index (χ1n) is 25.5. The molecule has 0 N–H and O–H groups in total. The molecular weight excluding hydrogens is 887 g/mol. The number of aromatic nitrogens is 1. The number of anilines is 4. The minimum atomic E-state index is -0.540. The summed E-state index contributed by atoms with van der Waals surface area (Å²) < 4.78 is 6.82. The molecule has 0 radical (unpaired) electrons. The number of ether oxygens (including phenoxy) is 1. The van der Waals surface area contributed by atoms with Crippen LogP contribution in [0.2, 0.25) is 0 Å². The number of nitrogens with zero attached hydrogens (tertiary/aromatic N) is 3. The Labute approximate surface area is 430 Å². The summed E-state index contributed by atoms with van der Waals surface area (Å²) >= 11 is 0. The van der Waals surface area contributed by atoms with Crippen molar-refractivity contribution in [3.05, 3.63) is 270 Å². The largest absolute Gasteiger partial charge is 0.457 e. The number of rotatable bonds is 9. The Morgan fingerprint density at radius 3 is 1.53 bits per heavy atom. The average Bonchev–Trinajstić information content (AvgIpc) is 3.95. The van der Waals surface area contributed by atoms with Gasteiger partial charge in [0.15, 0.2) is 0 Å². The van der Waals surface area contributed by atoms with Gasteiger partial charge in [0.05, 0.1) is 28.2 Å². The Bertz CT molecular complexity index is 3550. The smallest absolute Gasteiger partial charge is 0.129 e. The minimum Gasteiger partial charge on any atom is -0.457 e. The predicted molar refractivity (Wildman–Crippen MR) is 304 cm³/mol. The van der Waals surface area contributed by atoms with Gasteiger partial charge < -0.3 is 14.5 Å². The molecular formula is C69H59N3O. The summed E-state index contributed by atoms with van der Waals surface area (Å²) in [5.41, 5.74) is 20.8. The van der Waals surface area contributed by atoms with Crippen LogP contribution in [0.5, 0.6) is 11.5 Å². The molecule has 0 saturated heterocycles. The van der Waals surface area contributed by atoms with Crippen LogP contribution in [0.25, 0.3) is 44.6 Å². The standard InChI is InChI=1S/C69H59N3O/c1-67(2,3)50-35-37-51(38-36-50)69(61-31-15-13-29-57(61)58-30-14-16-32-62(58)69)52-39-40-70-63(44-52)49-25-19-27-55(41-49)73-56-28-20-26-54(45-56)71-46-72(65-34-18-17-33-64(65)71)66-59(47-21-9-7-10-22-47)42-53(68(4,5)6)43-60(66)48-23-11-8-12-24-48/h7-45H,46H2,1-6H3. The topological polar surface area (TPSA) is 28.6 Å². The molecule has 0 saturated carbocycles. The molecule has 1 aliphatic carbocycles. The summed E-state index contributed by atoms with van der Waals surface area (Å²) in [5, 5.41) is 0. The first kappa shape index (κ1) is 45.7. The van der Waals surface area contributed by atoms with Crippen molar-refractivity contribution in [2.75, 3.05) is 16.5 Å². The van der Waals surface area contributed by atoms with Crippen LogP contribution in [-0.2, 0) is 16.2 Å². The van der Waals surface area contributed by atoms with Gasteiger partial charge in [0, 0.05) is 34.6 Å². The minimum absolute atomic E-state index is 0.0377. The lowest BCUT2D eigenvalue weighted by Crippen LogP contribution is -2.29. The average molecular weight is 946 g/mol. The second-order valence-electron chi connectivity index (χ2n) is 21.6. The van der Waals surface area contributed by atoms with Crippen molar-refractivity contribution >= 4 is 22.7 Å². The van der Waals surface area contributed by atoms with Gasteiger partial charge >= 0.3 is 0 Å². The SMILES string of the molecule is CC(C)(C)c1ccc(C2(c3ccnc(-c4cccc(Oc5cccc(N6CN(c7c(-c8ccccc8)cc(C(C)(C)C)cc7-c7ccccc7)c7ccccc76)c5)c4)c3)c3ccccc3-c3ccccc32)cc1.